The molecule has 0 aliphatic rings. The van der Waals surface area contributed by atoms with E-state index in [2.05, 4.69) is 31.9 Å². The van der Waals surface area contributed by atoms with Crippen LogP contribution in [0.15, 0.2) is 73.2 Å². The summed E-state index contributed by atoms with van der Waals surface area (Å²) in [6.07, 6.45) is 0. The number of benzene rings is 2. The van der Waals surface area contributed by atoms with Crippen molar-refractivity contribution < 1.29 is 13.0 Å². The van der Waals surface area contributed by atoms with Gasteiger partial charge in [0, 0.05) is 21.3 Å². The van der Waals surface area contributed by atoms with Crippen LogP contribution in [-0.2, 0) is 16.7 Å². The van der Waals surface area contributed by atoms with E-state index in [1.54, 1.807) is 23.6 Å². The number of hydrogen-bond donors (Lipinski definition) is 1. The van der Waals surface area contributed by atoms with Crippen molar-refractivity contribution in [1.29, 1.82) is 0 Å². The molecule has 0 aliphatic heterocycles. The number of nitrogens with zero attached hydrogens (tertiary/aromatic N) is 1. The first-order valence-corrected chi connectivity index (χ1v) is 10.9. The molecule has 0 saturated heterocycles. The summed E-state index contributed by atoms with van der Waals surface area (Å²) in [6, 6.07) is 15.7. The average Bonchev–Trinajstić information content (AvgIpc) is 2.61. The molecular weight excluding hydrogens is 498 g/mol. The first-order chi connectivity index (χ1) is 12.7. The summed E-state index contributed by atoms with van der Waals surface area (Å²) in [5, 5.41) is 0. The highest BCUT2D eigenvalue weighted by molar-refractivity contribution is 9.10. The van der Waals surface area contributed by atoms with Gasteiger partial charge in [-0.25, -0.2) is 0 Å². The number of rotatable bonds is 4. The van der Waals surface area contributed by atoms with Crippen LogP contribution in [0.3, 0.4) is 0 Å². The first-order valence-electron chi connectivity index (χ1n) is 7.90. The Balaban J connectivity index is 2.21. The van der Waals surface area contributed by atoms with Crippen LogP contribution in [0, 0.1) is 6.92 Å². The average molecular weight is 513 g/mol. The van der Waals surface area contributed by atoms with Crippen LogP contribution in [-0.4, -0.2) is 17.5 Å². The molecule has 0 bridgehead atoms. The van der Waals surface area contributed by atoms with Gasteiger partial charge in [-0.3, -0.25) is 9.35 Å². The summed E-state index contributed by atoms with van der Waals surface area (Å²) in [5.41, 5.74) is 2.00. The molecule has 2 aromatic carbocycles. The highest BCUT2D eigenvalue weighted by Crippen LogP contribution is 2.34. The Hall–Kier alpha value is -1.74. The van der Waals surface area contributed by atoms with Gasteiger partial charge in [-0.15, -0.1) is 0 Å². The molecule has 0 fully saturated rings. The quantitative estimate of drug-likeness (QED) is 0.516. The van der Waals surface area contributed by atoms with Gasteiger partial charge in [-0.2, -0.15) is 8.42 Å². The van der Waals surface area contributed by atoms with Gasteiger partial charge in [0.15, 0.2) is 0 Å². The molecule has 0 atom stereocenters. The molecule has 27 heavy (non-hydrogen) atoms. The number of halogens is 2. The minimum atomic E-state index is -4.45. The normalized spacial score (nSPS) is 11.6. The Morgan fingerprint density at radius 2 is 1.67 bits per heavy atom. The largest absolute Gasteiger partial charge is 0.308 e. The Morgan fingerprint density at radius 3 is 2.30 bits per heavy atom. The van der Waals surface area contributed by atoms with Crippen LogP contribution >= 0.6 is 31.9 Å². The molecule has 0 aliphatic carbocycles. The minimum absolute atomic E-state index is 0.229. The van der Waals surface area contributed by atoms with Gasteiger partial charge in [0.1, 0.15) is 4.90 Å². The van der Waals surface area contributed by atoms with E-state index in [-0.39, 0.29) is 20.5 Å². The van der Waals surface area contributed by atoms with Gasteiger partial charge in [0.25, 0.3) is 15.7 Å². The summed E-state index contributed by atoms with van der Waals surface area (Å²) < 4.78 is 35.6. The van der Waals surface area contributed by atoms with Crippen molar-refractivity contribution in [3.63, 3.8) is 0 Å². The van der Waals surface area contributed by atoms with E-state index in [4.69, 9.17) is 0 Å². The van der Waals surface area contributed by atoms with Crippen LogP contribution < -0.4 is 5.56 Å². The highest BCUT2D eigenvalue weighted by atomic mass is 79.9. The van der Waals surface area contributed by atoms with Crippen molar-refractivity contribution in [2.45, 2.75) is 18.4 Å². The van der Waals surface area contributed by atoms with Crippen molar-refractivity contribution in [1.82, 2.24) is 4.57 Å². The molecule has 0 spiro atoms. The molecule has 5 nitrogen and oxygen atoms in total. The van der Waals surface area contributed by atoms with Crippen molar-refractivity contribution >= 4 is 42.0 Å². The monoisotopic (exact) mass is 511 g/mol. The fraction of sp³-hybridized carbons (Fsp3) is 0.105. The first kappa shape index (κ1) is 20.0. The third-order valence-electron chi connectivity index (χ3n) is 4.14. The Bertz CT molecular complexity index is 1170. The SMILES string of the molecule is Cc1cc(-c2cc(Br)ccc2S(=O)(=O)O)c(Br)c(=O)n1Cc1ccccc1. The molecule has 0 radical (unpaired) electrons. The second-order valence-electron chi connectivity index (χ2n) is 6.01. The summed E-state index contributed by atoms with van der Waals surface area (Å²) >= 11 is 6.62. The number of aromatic nitrogens is 1. The lowest BCUT2D eigenvalue weighted by Gasteiger charge is -2.15. The van der Waals surface area contributed by atoms with Crippen LogP contribution in [0.5, 0.6) is 0 Å². The maximum atomic E-state index is 12.9. The van der Waals surface area contributed by atoms with Gasteiger partial charge in [0.2, 0.25) is 0 Å². The van der Waals surface area contributed by atoms with Gasteiger partial charge in [-0.1, -0.05) is 46.3 Å². The van der Waals surface area contributed by atoms with E-state index in [0.717, 1.165) is 5.56 Å². The lowest BCUT2D eigenvalue weighted by molar-refractivity contribution is 0.483. The van der Waals surface area contributed by atoms with Gasteiger partial charge < -0.3 is 4.57 Å². The summed E-state index contributed by atoms with van der Waals surface area (Å²) in [4.78, 5) is 12.7. The predicted octanol–water partition coefficient (Wildman–Crippen LogP) is 4.64. The zero-order valence-corrected chi connectivity index (χ0v) is 18.2. The van der Waals surface area contributed by atoms with Crippen molar-refractivity contribution in [3.05, 3.63) is 85.2 Å². The topological polar surface area (TPSA) is 76.4 Å². The second kappa shape index (κ2) is 7.71. The molecule has 3 rings (SSSR count). The number of aryl methyl sites for hydroxylation is 1. The van der Waals surface area contributed by atoms with Crippen LogP contribution in [0.1, 0.15) is 11.3 Å². The zero-order chi connectivity index (χ0) is 19.8. The Labute approximate surface area is 173 Å². The molecule has 0 unspecified atom stereocenters. The third kappa shape index (κ3) is 4.24. The van der Waals surface area contributed by atoms with Crippen LogP contribution in [0.2, 0.25) is 0 Å². The van der Waals surface area contributed by atoms with Crippen LogP contribution in [0.4, 0.5) is 0 Å². The van der Waals surface area contributed by atoms with Gasteiger partial charge >= 0.3 is 0 Å². The van der Waals surface area contributed by atoms with E-state index >= 15 is 0 Å². The molecule has 1 N–H and O–H groups in total. The van der Waals surface area contributed by atoms with Gasteiger partial charge in [0.05, 0.1) is 11.0 Å². The maximum absolute atomic E-state index is 12.9. The van der Waals surface area contributed by atoms with E-state index in [0.29, 0.717) is 22.3 Å². The lowest BCUT2D eigenvalue weighted by Crippen LogP contribution is -2.24. The molecule has 0 saturated carbocycles. The van der Waals surface area contributed by atoms with Crippen molar-refractivity contribution in [3.8, 4) is 11.1 Å². The Morgan fingerprint density at radius 1 is 1.00 bits per heavy atom. The molecule has 3 aromatic rings. The molecule has 8 heteroatoms. The van der Waals surface area contributed by atoms with Crippen molar-refractivity contribution in [2.24, 2.45) is 0 Å². The summed E-state index contributed by atoms with van der Waals surface area (Å²) in [5.74, 6) is 0. The smallest absolute Gasteiger partial charge is 0.295 e. The maximum Gasteiger partial charge on any atom is 0.295 e. The van der Waals surface area contributed by atoms with Crippen LogP contribution in [0.25, 0.3) is 11.1 Å². The summed E-state index contributed by atoms with van der Waals surface area (Å²) in [7, 11) is -4.45. The molecule has 140 valence electrons. The standard InChI is InChI=1S/C19H15Br2NO4S/c1-12-9-16(15-10-14(20)7-8-17(15)27(24,25)26)18(21)19(23)22(12)11-13-5-3-2-4-6-13/h2-10H,11H2,1H3,(H,24,25,26). The van der Waals surface area contributed by atoms with E-state index in [1.807, 2.05) is 30.3 Å². The number of pyridine rings is 1. The predicted molar refractivity (Wildman–Crippen MR) is 112 cm³/mol. The van der Waals surface area contributed by atoms with E-state index in [9.17, 15) is 17.8 Å². The van der Waals surface area contributed by atoms with E-state index < -0.39 is 10.1 Å². The fourth-order valence-electron chi connectivity index (χ4n) is 2.84. The molecular formula is C19H15Br2NO4S. The number of hydrogen-bond acceptors (Lipinski definition) is 3. The Kier molecular flexibility index (Phi) is 5.71. The van der Waals surface area contributed by atoms with Crippen molar-refractivity contribution in [2.75, 3.05) is 0 Å². The van der Waals surface area contributed by atoms with E-state index in [1.165, 1.54) is 12.1 Å². The minimum Gasteiger partial charge on any atom is -0.308 e. The second-order valence-corrected chi connectivity index (χ2v) is 9.10. The molecule has 0 amide bonds. The third-order valence-corrected chi connectivity index (χ3v) is 6.31. The highest BCUT2D eigenvalue weighted by Gasteiger charge is 2.21. The molecule has 1 aromatic heterocycles. The fourth-order valence-corrected chi connectivity index (χ4v) is 4.43. The molecule has 1 heterocycles. The van der Waals surface area contributed by atoms with Gasteiger partial charge in [-0.05, 0) is 52.7 Å². The lowest BCUT2D eigenvalue weighted by atomic mass is 10.1. The summed E-state index contributed by atoms with van der Waals surface area (Å²) in [6.45, 7) is 2.18. The zero-order valence-electron chi connectivity index (χ0n) is 14.2.